The van der Waals surface area contributed by atoms with E-state index >= 15 is 0 Å². The Morgan fingerprint density at radius 3 is 2.67 bits per heavy atom. The van der Waals surface area contributed by atoms with E-state index in [4.69, 9.17) is 9.94 Å². The van der Waals surface area contributed by atoms with Gasteiger partial charge in [0.15, 0.2) is 0 Å². The van der Waals surface area contributed by atoms with Gasteiger partial charge in [0.1, 0.15) is 5.75 Å². The van der Waals surface area contributed by atoms with Crippen molar-refractivity contribution in [2.24, 2.45) is 0 Å². The summed E-state index contributed by atoms with van der Waals surface area (Å²) >= 11 is 0. The van der Waals surface area contributed by atoms with Gasteiger partial charge in [-0.25, -0.2) is 0 Å². The molecule has 0 aromatic heterocycles. The molecule has 15 heavy (non-hydrogen) atoms. The van der Waals surface area contributed by atoms with Crippen molar-refractivity contribution in [2.45, 2.75) is 6.42 Å². The van der Waals surface area contributed by atoms with Gasteiger partial charge in [-0.3, -0.25) is 0 Å². The number of benzene rings is 1. The summed E-state index contributed by atoms with van der Waals surface area (Å²) in [6.45, 7) is 5.18. The molecule has 0 fully saturated rings. The first kappa shape index (κ1) is 11.8. The SMILES string of the molecule is C=CCN(CCCO)Oc1ccccc1. The monoisotopic (exact) mass is 207 g/mol. The standard InChI is InChI=1S/C12H17NO2/c1-2-9-13(10-6-11-14)15-12-7-4-3-5-8-12/h2-5,7-8,14H,1,6,9-11H2. The molecule has 0 atom stereocenters. The van der Waals surface area contributed by atoms with Crippen LogP contribution < -0.4 is 4.84 Å². The maximum Gasteiger partial charge on any atom is 0.147 e. The average Bonchev–Trinajstić information content (AvgIpc) is 2.28. The number of aliphatic hydroxyl groups excluding tert-OH is 1. The van der Waals surface area contributed by atoms with Gasteiger partial charge in [-0.15, -0.1) is 11.6 Å². The van der Waals surface area contributed by atoms with Crippen LogP contribution in [0, 0.1) is 0 Å². The maximum absolute atomic E-state index is 8.74. The molecule has 3 heteroatoms. The zero-order valence-electron chi connectivity index (χ0n) is 8.80. The van der Waals surface area contributed by atoms with Crippen LogP contribution in [0.15, 0.2) is 43.0 Å². The Bertz CT molecular complexity index is 274. The molecule has 1 N–H and O–H groups in total. The topological polar surface area (TPSA) is 32.7 Å². The Kier molecular flexibility index (Phi) is 5.51. The van der Waals surface area contributed by atoms with Gasteiger partial charge in [0.25, 0.3) is 0 Å². The molecule has 0 aliphatic carbocycles. The van der Waals surface area contributed by atoms with Crippen molar-refractivity contribution in [3.63, 3.8) is 0 Å². The number of nitrogens with zero attached hydrogens (tertiary/aromatic N) is 1. The minimum absolute atomic E-state index is 0.172. The molecule has 0 saturated carbocycles. The molecule has 0 saturated heterocycles. The molecule has 3 nitrogen and oxygen atoms in total. The Morgan fingerprint density at radius 2 is 2.07 bits per heavy atom. The van der Waals surface area contributed by atoms with E-state index in [0.717, 1.165) is 5.75 Å². The lowest BCUT2D eigenvalue weighted by Gasteiger charge is -2.20. The van der Waals surface area contributed by atoms with E-state index in [-0.39, 0.29) is 6.61 Å². The van der Waals surface area contributed by atoms with Crippen LogP contribution in [-0.4, -0.2) is 29.9 Å². The van der Waals surface area contributed by atoms with Crippen molar-refractivity contribution in [2.75, 3.05) is 19.7 Å². The van der Waals surface area contributed by atoms with Crippen LogP contribution in [0.2, 0.25) is 0 Å². The van der Waals surface area contributed by atoms with Crippen LogP contribution in [0.4, 0.5) is 0 Å². The summed E-state index contributed by atoms with van der Waals surface area (Å²) < 4.78 is 0. The zero-order valence-corrected chi connectivity index (χ0v) is 8.80. The van der Waals surface area contributed by atoms with Gasteiger partial charge in [-0.05, 0) is 18.6 Å². The smallest absolute Gasteiger partial charge is 0.147 e. The van der Waals surface area contributed by atoms with Gasteiger partial charge >= 0.3 is 0 Å². The van der Waals surface area contributed by atoms with Gasteiger partial charge in [0.05, 0.1) is 6.54 Å². The van der Waals surface area contributed by atoms with Crippen LogP contribution in [0.1, 0.15) is 6.42 Å². The average molecular weight is 207 g/mol. The third kappa shape index (κ3) is 4.63. The van der Waals surface area contributed by atoms with Gasteiger partial charge < -0.3 is 9.94 Å². The number of rotatable bonds is 7. The molecule has 0 spiro atoms. The predicted molar refractivity (Wildman–Crippen MR) is 60.5 cm³/mol. The first-order valence-electron chi connectivity index (χ1n) is 5.06. The van der Waals surface area contributed by atoms with Gasteiger partial charge in [0, 0.05) is 13.2 Å². The van der Waals surface area contributed by atoms with Crippen LogP contribution in [-0.2, 0) is 0 Å². The predicted octanol–water partition coefficient (Wildman–Crippen LogP) is 1.85. The molecule has 82 valence electrons. The molecule has 0 radical (unpaired) electrons. The zero-order chi connectivity index (χ0) is 10.9. The van der Waals surface area contributed by atoms with Crippen molar-refractivity contribution in [1.82, 2.24) is 5.06 Å². The third-order valence-electron chi connectivity index (χ3n) is 1.88. The summed E-state index contributed by atoms with van der Waals surface area (Å²) in [5.41, 5.74) is 0. The van der Waals surface area contributed by atoms with Crippen molar-refractivity contribution < 1.29 is 9.94 Å². The molecule has 1 aromatic rings. The largest absolute Gasteiger partial charge is 0.406 e. The van der Waals surface area contributed by atoms with E-state index in [1.165, 1.54) is 0 Å². The molecule has 0 bridgehead atoms. The molecule has 0 aliphatic rings. The van der Waals surface area contributed by atoms with Crippen LogP contribution in [0.5, 0.6) is 5.75 Å². The normalized spacial score (nSPS) is 10.3. The maximum atomic E-state index is 8.74. The lowest BCUT2D eigenvalue weighted by molar-refractivity contribution is -0.0507. The summed E-state index contributed by atoms with van der Waals surface area (Å²) in [4.78, 5) is 5.61. The summed E-state index contributed by atoms with van der Waals surface area (Å²) in [6.07, 6.45) is 2.47. The van der Waals surface area contributed by atoms with E-state index < -0.39 is 0 Å². The highest BCUT2D eigenvalue weighted by molar-refractivity contribution is 5.20. The molecule has 0 heterocycles. The summed E-state index contributed by atoms with van der Waals surface area (Å²) in [6, 6.07) is 9.59. The second-order valence-corrected chi connectivity index (χ2v) is 3.16. The van der Waals surface area contributed by atoms with Crippen molar-refractivity contribution in [1.29, 1.82) is 0 Å². The van der Waals surface area contributed by atoms with Crippen molar-refractivity contribution >= 4 is 0 Å². The highest BCUT2D eigenvalue weighted by atomic mass is 16.7. The summed E-state index contributed by atoms with van der Waals surface area (Å²) in [5.74, 6) is 0.803. The number of hydrogen-bond acceptors (Lipinski definition) is 3. The van der Waals surface area contributed by atoms with Crippen molar-refractivity contribution in [3.05, 3.63) is 43.0 Å². The molecule has 0 amide bonds. The quantitative estimate of drug-likeness (QED) is 0.547. The molecule has 1 aromatic carbocycles. The third-order valence-corrected chi connectivity index (χ3v) is 1.88. The minimum atomic E-state index is 0.172. The van der Waals surface area contributed by atoms with Crippen LogP contribution in [0.25, 0.3) is 0 Å². The Morgan fingerprint density at radius 1 is 1.33 bits per heavy atom. The summed E-state index contributed by atoms with van der Waals surface area (Å²) in [5, 5.41) is 10.5. The number of aliphatic hydroxyl groups is 1. The van der Waals surface area contributed by atoms with Gasteiger partial charge in [-0.2, -0.15) is 0 Å². The van der Waals surface area contributed by atoms with E-state index in [1.54, 1.807) is 11.1 Å². The minimum Gasteiger partial charge on any atom is -0.406 e. The number of hydroxylamine groups is 2. The van der Waals surface area contributed by atoms with Crippen molar-refractivity contribution in [3.8, 4) is 5.75 Å². The van der Waals surface area contributed by atoms with E-state index in [9.17, 15) is 0 Å². The van der Waals surface area contributed by atoms with E-state index in [0.29, 0.717) is 19.5 Å². The van der Waals surface area contributed by atoms with Crippen LogP contribution in [0.3, 0.4) is 0 Å². The number of hydrogen-bond donors (Lipinski definition) is 1. The fraction of sp³-hybridized carbons (Fsp3) is 0.333. The Balaban J connectivity index is 2.46. The molecule has 1 rings (SSSR count). The number of para-hydroxylation sites is 1. The fourth-order valence-electron chi connectivity index (χ4n) is 1.20. The van der Waals surface area contributed by atoms with Gasteiger partial charge in [0.2, 0.25) is 0 Å². The lowest BCUT2D eigenvalue weighted by atomic mass is 10.3. The van der Waals surface area contributed by atoms with E-state index in [2.05, 4.69) is 6.58 Å². The Hall–Kier alpha value is -1.32. The molecular weight excluding hydrogens is 190 g/mol. The molecule has 0 aliphatic heterocycles. The molecular formula is C12H17NO2. The highest BCUT2D eigenvalue weighted by Crippen LogP contribution is 2.10. The fourth-order valence-corrected chi connectivity index (χ4v) is 1.20. The second-order valence-electron chi connectivity index (χ2n) is 3.16. The summed E-state index contributed by atoms with van der Waals surface area (Å²) in [7, 11) is 0. The first-order valence-corrected chi connectivity index (χ1v) is 5.06. The van der Waals surface area contributed by atoms with Crippen LogP contribution >= 0.6 is 0 Å². The van der Waals surface area contributed by atoms with E-state index in [1.807, 2.05) is 30.3 Å². The first-order chi connectivity index (χ1) is 7.36. The Labute approximate surface area is 90.6 Å². The second kappa shape index (κ2) is 7.04. The lowest BCUT2D eigenvalue weighted by Crippen LogP contribution is -2.29. The van der Waals surface area contributed by atoms with Gasteiger partial charge in [-0.1, -0.05) is 24.3 Å². The molecule has 0 unspecified atom stereocenters. The highest BCUT2D eigenvalue weighted by Gasteiger charge is 2.03.